The Bertz CT molecular complexity index is 840. The van der Waals surface area contributed by atoms with E-state index < -0.39 is 0 Å². The second-order valence-electron chi connectivity index (χ2n) is 7.21. The van der Waals surface area contributed by atoms with Crippen molar-refractivity contribution in [2.24, 2.45) is 7.05 Å². The van der Waals surface area contributed by atoms with E-state index in [0.717, 1.165) is 5.69 Å². The third kappa shape index (κ3) is 8.01. The molecule has 2 aromatic rings. The first kappa shape index (κ1) is 24.9. The molecule has 0 spiro atoms. The van der Waals surface area contributed by atoms with Crippen molar-refractivity contribution < 1.29 is 19.1 Å². The Morgan fingerprint density at radius 3 is 2.55 bits per heavy atom. The summed E-state index contributed by atoms with van der Waals surface area (Å²) in [5.74, 6) is -0.358. The number of amides is 2. The first-order chi connectivity index (χ1) is 15.0. The van der Waals surface area contributed by atoms with Gasteiger partial charge in [-0.2, -0.15) is 0 Å². The van der Waals surface area contributed by atoms with Crippen LogP contribution in [0.15, 0.2) is 42.6 Å². The molecule has 0 saturated carbocycles. The van der Waals surface area contributed by atoms with E-state index >= 15 is 0 Å². The fourth-order valence-electron chi connectivity index (χ4n) is 3.17. The lowest BCUT2D eigenvalue weighted by Gasteiger charge is -2.28. The van der Waals surface area contributed by atoms with Crippen LogP contribution in [-0.4, -0.2) is 72.7 Å². The Balaban J connectivity index is 2.15. The van der Waals surface area contributed by atoms with E-state index in [4.69, 9.17) is 21.1 Å². The van der Waals surface area contributed by atoms with E-state index in [1.165, 1.54) is 0 Å². The van der Waals surface area contributed by atoms with E-state index in [2.05, 4.69) is 0 Å². The zero-order valence-electron chi connectivity index (χ0n) is 18.6. The highest BCUT2D eigenvalue weighted by atomic mass is 35.5. The summed E-state index contributed by atoms with van der Waals surface area (Å²) in [5.41, 5.74) is 1.47. The van der Waals surface area contributed by atoms with Gasteiger partial charge in [-0.1, -0.05) is 17.7 Å². The van der Waals surface area contributed by atoms with Crippen LogP contribution in [0.3, 0.4) is 0 Å². The lowest BCUT2D eigenvalue weighted by Crippen LogP contribution is -2.44. The third-order valence-electron chi connectivity index (χ3n) is 4.93. The molecule has 0 aliphatic carbocycles. The summed E-state index contributed by atoms with van der Waals surface area (Å²) in [7, 11) is 3.55. The number of carbonyl (C=O) groups is 2. The highest BCUT2D eigenvalue weighted by molar-refractivity contribution is 6.30. The maximum Gasteiger partial charge on any atom is 0.254 e. The molecule has 0 fully saturated rings. The molecule has 0 aliphatic heterocycles. The minimum atomic E-state index is -0.224. The second kappa shape index (κ2) is 13.1. The first-order valence-electron chi connectivity index (χ1n) is 10.5. The van der Waals surface area contributed by atoms with Gasteiger partial charge in [-0.15, -0.1) is 0 Å². The van der Waals surface area contributed by atoms with Crippen molar-refractivity contribution in [3.8, 4) is 0 Å². The predicted octanol–water partition coefficient (Wildman–Crippen LogP) is 3.22. The van der Waals surface area contributed by atoms with E-state index in [1.54, 1.807) is 41.2 Å². The molecule has 1 aromatic heterocycles. The van der Waals surface area contributed by atoms with Crippen LogP contribution in [0.4, 0.5) is 0 Å². The number of ether oxygens (including phenoxy) is 2. The Labute approximate surface area is 189 Å². The fraction of sp³-hybridized carbons (Fsp3) is 0.478. The molecule has 0 unspecified atom stereocenters. The van der Waals surface area contributed by atoms with E-state index in [1.807, 2.05) is 36.9 Å². The molecule has 1 heterocycles. The van der Waals surface area contributed by atoms with Gasteiger partial charge in [-0.3, -0.25) is 9.59 Å². The van der Waals surface area contributed by atoms with Crippen LogP contribution in [0.5, 0.6) is 0 Å². The number of aryl methyl sites for hydroxylation is 1. The summed E-state index contributed by atoms with van der Waals surface area (Å²) in [5, 5.41) is 0.483. The molecular weight excluding hydrogens is 418 g/mol. The van der Waals surface area contributed by atoms with Gasteiger partial charge < -0.3 is 23.8 Å². The molecule has 0 aliphatic rings. The van der Waals surface area contributed by atoms with Crippen molar-refractivity contribution in [3.63, 3.8) is 0 Å². The van der Waals surface area contributed by atoms with Gasteiger partial charge in [0.25, 0.3) is 5.91 Å². The van der Waals surface area contributed by atoms with Crippen LogP contribution in [0, 0.1) is 0 Å². The number of hydrogen-bond acceptors (Lipinski definition) is 4. The summed E-state index contributed by atoms with van der Waals surface area (Å²) < 4.78 is 12.6. The molecule has 7 nitrogen and oxygen atoms in total. The van der Waals surface area contributed by atoms with Crippen molar-refractivity contribution in [2.45, 2.75) is 19.9 Å². The molecule has 0 atom stereocenters. The normalized spacial score (nSPS) is 10.8. The highest BCUT2D eigenvalue weighted by Gasteiger charge is 2.23. The Hall–Kier alpha value is -2.35. The van der Waals surface area contributed by atoms with Crippen LogP contribution < -0.4 is 0 Å². The molecule has 1 aromatic carbocycles. The topological polar surface area (TPSA) is 64.0 Å². The zero-order valence-corrected chi connectivity index (χ0v) is 19.3. The molecule has 8 heteroatoms. The molecular formula is C23H32ClN3O4. The summed E-state index contributed by atoms with van der Waals surface area (Å²) >= 11 is 6.06. The number of benzene rings is 1. The molecule has 0 radical (unpaired) electrons. The van der Waals surface area contributed by atoms with Gasteiger partial charge in [0.1, 0.15) is 6.54 Å². The summed E-state index contributed by atoms with van der Waals surface area (Å²) in [6.07, 6.45) is 2.58. The monoisotopic (exact) mass is 449 g/mol. The minimum Gasteiger partial charge on any atom is -0.383 e. The highest BCUT2D eigenvalue weighted by Crippen LogP contribution is 2.14. The number of methoxy groups -OCH3 is 1. The number of carbonyl (C=O) groups excluding carboxylic acids is 2. The zero-order chi connectivity index (χ0) is 22.6. The van der Waals surface area contributed by atoms with Gasteiger partial charge in [0.2, 0.25) is 5.91 Å². The standard InChI is InChI=1S/C23H32ClN3O4/c1-4-31-14-7-12-27(23(29)19-8-5-9-20(24)16-19)18-22(28)26(13-15-30-3)17-21-10-6-11-25(21)2/h5-6,8-11,16H,4,7,12-15,17-18H2,1-3H3. The summed E-state index contributed by atoms with van der Waals surface area (Å²) in [6.45, 7) is 4.77. The maximum atomic E-state index is 13.2. The minimum absolute atomic E-state index is 0.0222. The van der Waals surface area contributed by atoms with E-state index in [0.29, 0.717) is 56.5 Å². The largest absolute Gasteiger partial charge is 0.383 e. The number of hydrogen-bond donors (Lipinski definition) is 0. The van der Waals surface area contributed by atoms with Gasteiger partial charge >= 0.3 is 0 Å². The molecule has 170 valence electrons. The van der Waals surface area contributed by atoms with Crippen molar-refractivity contribution in [1.29, 1.82) is 0 Å². The van der Waals surface area contributed by atoms with Crippen LogP contribution in [0.2, 0.25) is 5.02 Å². The number of halogens is 1. The maximum absolute atomic E-state index is 13.2. The molecule has 0 bridgehead atoms. The van der Waals surface area contributed by atoms with Gasteiger partial charge in [-0.05, 0) is 43.7 Å². The number of nitrogens with zero attached hydrogens (tertiary/aromatic N) is 3. The van der Waals surface area contributed by atoms with E-state index in [-0.39, 0.29) is 18.4 Å². The Morgan fingerprint density at radius 2 is 1.90 bits per heavy atom. The van der Waals surface area contributed by atoms with Gasteiger partial charge in [-0.25, -0.2) is 0 Å². The molecule has 31 heavy (non-hydrogen) atoms. The Morgan fingerprint density at radius 1 is 1.10 bits per heavy atom. The Kier molecular flexibility index (Phi) is 10.6. The summed E-state index contributed by atoms with van der Waals surface area (Å²) in [4.78, 5) is 29.6. The van der Waals surface area contributed by atoms with Crippen molar-refractivity contribution in [2.75, 3.05) is 46.6 Å². The predicted molar refractivity (Wildman–Crippen MR) is 121 cm³/mol. The quantitative estimate of drug-likeness (QED) is 0.440. The van der Waals surface area contributed by atoms with Crippen LogP contribution >= 0.6 is 11.6 Å². The smallest absolute Gasteiger partial charge is 0.254 e. The molecule has 2 rings (SSSR count). The van der Waals surface area contributed by atoms with Gasteiger partial charge in [0.05, 0.1) is 13.2 Å². The van der Waals surface area contributed by atoms with Crippen molar-refractivity contribution in [3.05, 3.63) is 58.9 Å². The first-order valence-corrected chi connectivity index (χ1v) is 10.8. The molecule has 0 N–H and O–H groups in total. The number of rotatable bonds is 13. The second-order valence-corrected chi connectivity index (χ2v) is 7.64. The average molecular weight is 450 g/mol. The fourth-order valence-corrected chi connectivity index (χ4v) is 3.36. The lowest BCUT2D eigenvalue weighted by molar-refractivity contribution is -0.133. The molecule has 0 saturated heterocycles. The van der Waals surface area contributed by atoms with Gasteiger partial charge in [0.15, 0.2) is 0 Å². The number of aromatic nitrogens is 1. The van der Waals surface area contributed by atoms with Crippen LogP contribution in [0.1, 0.15) is 29.4 Å². The third-order valence-corrected chi connectivity index (χ3v) is 5.16. The van der Waals surface area contributed by atoms with E-state index in [9.17, 15) is 9.59 Å². The van der Waals surface area contributed by atoms with Crippen LogP contribution in [0.25, 0.3) is 0 Å². The SMILES string of the molecule is CCOCCCN(CC(=O)N(CCOC)Cc1cccn1C)C(=O)c1cccc(Cl)c1. The summed E-state index contributed by atoms with van der Waals surface area (Å²) in [6, 6.07) is 10.7. The van der Waals surface area contributed by atoms with Crippen LogP contribution in [-0.2, 0) is 27.9 Å². The van der Waals surface area contributed by atoms with Gasteiger partial charge in [0, 0.05) is 62.9 Å². The lowest BCUT2D eigenvalue weighted by atomic mass is 10.2. The average Bonchev–Trinajstić information content (AvgIpc) is 3.17. The molecule has 2 amide bonds. The van der Waals surface area contributed by atoms with Crippen molar-refractivity contribution >= 4 is 23.4 Å². The van der Waals surface area contributed by atoms with Crippen molar-refractivity contribution in [1.82, 2.24) is 14.4 Å².